The lowest BCUT2D eigenvalue weighted by atomic mass is 10.2. The molecule has 1 aromatic carbocycles. The topological polar surface area (TPSA) is 58.4 Å². The summed E-state index contributed by atoms with van der Waals surface area (Å²) in [4.78, 5) is 10.2. The maximum Gasteiger partial charge on any atom is 0.296 e. The minimum atomic E-state index is -0.596. The lowest BCUT2D eigenvalue weighted by Gasteiger charge is -2.27. The molecule has 0 saturated carbocycles. The van der Waals surface area contributed by atoms with Gasteiger partial charge in [-0.25, -0.2) is 9.40 Å². The van der Waals surface area contributed by atoms with Crippen molar-refractivity contribution >= 4 is 11.4 Å². The molecule has 1 saturated heterocycles. The number of piperidine rings is 1. The summed E-state index contributed by atoms with van der Waals surface area (Å²) in [7, 11) is 0. The van der Waals surface area contributed by atoms with Crippen LogP contribution in [0.2, 0.25) is 0 Å². The zero-order chi connectivity index (χ0) is 12.3. The quantitative estimate of drug-likeness (QED) is 0.650. The Bertz CT molecular complexity index is 419. The maximum atomic E-state index is 12.9. The second-order valence-corrected chi connectivity index (χ2v) is 4.08. The summed E-state index contributed by atoms with van der Waals surface area (Å²) in [6.45, 7) is 1.71. The zero-order valence-electron chi connectivity index (χ0n) is 9.36. The van der Waals surface area contributed by atoms with E-state index in [1.54, 1.807) is 0 Å². The first kappa shape index (κ1) is 11.8. The first-order chi connectivity index (χ1) is 8.16. The molecule has 6 heteroatoms. The molecule has 17 heavy (non-hydrogen) atoms. The minimum Gasteiger partial charge on any atom is -0.313 e. The number of nitro groups is 1. The Balaban J connectivity index is 2.16. The number of hydrogen-bond donors (Lipinski definition) is 1. The Morgan fingerprint density at radius 3 is 2.65 bits per heavy atom. The minimum absolute atomic E-state index is 0.226. The molecule has 0 bridgehead atoms. The van der Waals surface area contributed by atoms with Crippen molar-refractivity contribution in [2.24, 2.45) is 0 Å². The molecule has 1 aromatic rings. The average molecular weight is 239 g/mol. The van der Waals surface area contributed by atoms with E-state index >= 15 is 0 Å². The van der Waals surface area contributed by atoms with Crippen molar-refractivity contribution in [3.05, 3.63) is 34.1 Å². The van der Waals surface area contributed by atoms with Crippen LogP contribution in [0.1, 0.15) is 19.3 Å². The van der Waals surface area contributed by atoms with Crippen LogP contribution in [0.25, 0.3) is 0 Å². The Hall–Kier alpha value is -1.69. The van der Waals surface area contributed by atoms with Crippen LogP contribution in [-0.4, -0.2) is 23.0 Å². The highest BCUT2D eigenvalue weighted by atomic mass is 19.1. The van der Waals surface area contributed by atoms with E-state index in [1.165, 1.54) is 18.6 Å². The SMILES string of the molecule is O=[N+]([O-])c1cc(F)ccc1NN1CCCCC1. The Kier molecular flexibility index (Phi) is 3.53. The first-order valence-electron chi connectivity index (χ1n) is 5.62. The molecule has 2 rings (SSSR count). The number of nitrogens with zero attached hydrogens (tertiary/aromatic N) is 2. The molecule has 1 heterocycles. The third-order valence-corrected chi connectivity index (χ3v) is 2.79. The number of anilines is 1. The summed E-state index contributed by atoms with van der Waals surface area (Å²) >= 11 is 0. The standard InChI is InChI=1S/C11H14FN3O2/c12-9-4-5-10(11(8-9)15(16)17)13-14-6-2-1-3-7-14/h4-5,8,13H,1-3,6-7H2. The van der Waals surface area contributed by atoms with Crippen molar-refractivity contribution < 1.29 is 9.31 Å². The Labute approximate surface area is 98.3 Å². The molecular formula is C11H14FN3O2. The number of rotatable bonds is 3. The predicted octanol–water partition coefficient (Wildman–Crippen LogP) is 2.55. The molecular weight excluding hydrogens is 225 g/mol. The van der Waals surface area contributed by atoms with E-state index in [0.717, 1.165) is 32.0 Å². The van der Waals surface area contributed by atoms with E-state index in [-0.39, 0.29) is 5.69 Å². The van der Waals surface area contributed by atoms with E-state index in [4.69, 9.17) is 0 Å². The van der Waals surface area contributed by atoms with Gasteiger partial charge in [-0.2, -0.15) is 0 Å². The largest absolute Gasteiger partial charge is 0.313 e. The molecule has 1 aliphatic heterocycles. The third kappa shape index (κ3) is 2.91. The number of hydrogen-bond acceptors (Lipinski definition) is 4. The van der Waals surface area contributed by atoms with Gasteiger partial charge in [0.25, 0.3) is 5.69 Å². The van der Waals surface area contributed by atoms with Gasteiger partial charge in [-0.3, -0.25) is 10.1 Å². The number of hydrazine groups is 1. The fourth-order valence-corrected chi connectivity index (χ4v) is 1.93. The van der Waals surface area contributed by atoms with Crippen LogP contribution in [-0.2, 0) is 0 Å². The predicted molar refractivity (Wildman–Crippen MR) is 62.1 cm³/mol. The summed E-state index contributed by atoms with van der Waals surface area (Å²) in [5.74, 6) is -0.596. The van der Waals surface area contributed by atoms with Gasteiger partial charge in [0.15, 0.2) is 0 Å². The van der Waals surface area contributed by atoms with Gasteiger partial charge in [0.1, 0.15) is 11.5 Å². The van der Waals surface area contributed by atoms with Crippen molar-refractivity contribution in [2.45, 2.75) is 19.3 Å². The second-order valence-electron chi connectivity index (χ2n) is 4.08. The fourth-order valence-electron chi connectivity index (χ4n) is 1.93. The smallest absolute Gasteiger partial charge is 0.296 e. The van der Waals surface area contributed by atoms with Crippen LogP contribution >= 0.6 is 0 Å². The van der Waals surface area contributed by atoms with Gasteiger partial charge in [-0.1, -0.05) is 6.42 Å². The lowest BCUT2D eigenvalue weighted by molar-refractivity contribution is -0.384. The molecule has 0 aromatic heterocycles. The van der Waals surface area contributed by atoms with Gasteiger partial charge in [-0.15, -0.1) is 0 Å². The molecule has 0 unspecified atom stereocenters. The molecule has 1 N–H and O–H groups in total. The summed E-state index contributed by atoms with van der Waals surface area (Å²) in [6.07, 6.45) is 3.33. The third-order valence-electron chi connectivity index (χ3n) is 2.79. The summed E-state index contributed by atoms with van der Waals surface area (Å²) in [5.41, 5.74) is 3.10. The van der Waals surface area contributed by atoms with E-state index in [2.05, 4.69) is 5.43 Å². The van der Waals surface area contributed by atoms with Gasteiger partial charge < -0.3 is 5.43 Å². The zero-order valence-corrected chi connectivity index (χ0v) is 9.36. The summed E-state index contributed by atoms with van der Waals surface area (Å²) < 4.78 is 12.9. The average Bonchev–Trinajstić information content (AvgIpc) is 2.32. The molecule has 0 atom stereocenters. The highest BCUT2D eigenvalue weighted by Crippen LogP contribution is 2.26. The van der Waals surface area contributed by atoms with E-state index in [9.17, 15) is 14.5 Å². The van der Waals surface area contributed by atoms with E-state index < -0.39 is 10.7 Å². The number of nitro benzene ring substituents is 1. The van der Waals surface area contributed by atoms with Crippen molar-refractivity contribution in [1.29, 1.82) is 0 Å². The van der Waals surface area contributed by atoms with Crippen LogP contribution in [0.5, 0.6) is 0 Å². The van der Waals surface area contributed by atoms with Crippen LogP contribution in [0.15, 0.2) is 18.2 Å². The lowest BCUT2D eigenvalue weighted by Crippen LogP contribution is -2.35. The number of benzene rings is 1. The number of nitrogens with one attached hydrogen (secondary N) is 1. The van der Waals surface area contributed by atoms with Gasteiger partial charge in [0, 0.05) is 13.1 Å². The molecule has 92 valence electrons. The molecule has 0 aliphatic carbocycles. The van der Waals surface area contributed by atoms with Crippen LogP contribution < -0.4 is 5.43 Å². The van der Waals surface area contributed by atoms with Crippen LogP contribution in [0.3, 0.4) is 0 Å². The molecule has 0 amide bonds. The van der Waals surface area contributed by atoms with E-state index in [0.29, 0.717) is 5.69 Å². The first-order valence-corrected chi connectivity index (χ1v) is 5.62. The van der Waals surface area contributed by atoms with Crippen molar-refractivity contribution in [1.82, 2.24) is 5.01 Å². The summed E-state index contributed by atoms with van der Waals surface area (Å²) in [5, 5.41) is 12.7. The molecule has 1 aliphatic rings. The van der Waals surface area contributed by atoms with Crippen LogP contribution in [0.4, 0.5) is 15.8 Å². The van der Waals surface area contributed by atoms with Gasteiger partial charge in [0.05, 0.1) is 11.0 Å². The number of halogens is 1. The molecule has 0 radical (unpaired) electrons. The highest BCUT2D eigenvalue weighted by molar-refractivity contribution is 5.60. The monoisotopic (exact) mass is 239 g/mol. The molecule has 5 nitrogen and oxygen atoms in total. The Morgan fingerprint density at radius 2 is 2.00 bits per heavy atom. The van der Waals surface area contributed by atoms with Crippen molar-refractivity contribution in [3.8, 4) is 0 Å². The second kappa shape index (κ2) is 5.09. The highest BCUT2D eigenvalue weighted by Gasteiger charge is 2.18. The molecule has 1 fully saturated rings. The van der Waals surface area contributed by atoms with Gasteiger partial charge >= 0.3 is 0 Å². The maximum absolute atomic E-state index is 12.9. The van der Waals surface area contributed by atoms with E-state index in [1.807, 2.05) is 5.01 Å². The van der Waals surface area contributed by atoms with Crippen LogP contribution in [0, 0.1) is 15.9 Å². The van der Waals surface area contributed by atoms with Gasteiger partial charge in [0.2, 0.25) is 0 Å². The summed E-state index contributed by atoms with van der Waals surface area (Å²) in [6, 6.07) is 3.56. The van der Waals surface area contributed by atoms with Gasteiger partial charge in [-0.05, 0) is 25.0 Å². The van der Waals surface area contributed by atoms with Crippen molar-refractivity contribution in [3.63, 3.8) is 0 Å². The fraction of sp³-hybridized carbons (Fsp3) is 0.455. The molecule has 0 spiro atoms. The Morgan fingerprint density at radius 1 is 1.29 bits per heavy atom. The normalized spacial score (nSPS) is 16.8. The van der Waals surface area contributed by atoms with Crippen molar-refractivity contribution in [2.75, 3.05) is 18.5 Å².